The summed E-state index contributed by atoms with van der Waals surface area (Å²) < 4.78 is 29.6. The number of fused-ring (bicyclic) bond motifs is 1. The number of alkyl halides is 2. The molecule has 2 heterocycles. The van der Waals surface area contributed by atoms with Gasteiger partial charge in [-0.1, -0.05) is 36.4 Å². The van der Waals surface area contributed by atoms with Crippen LogP contribution in [0.5, 0.6) is 5.75 Å². The Morgan fingerprint density at radius 1 is 1.03 bits per heavy atom. The minimum atomic E-state index is -2.91. The first-order chi connectivity index (χ1) is 14.1. The second kappa shape index (κ2) is 7.97. The van der Waals surface area contributed by atoms with Crippen molar-refractivity contribution in [3.8, 4) is 16.9 Å². The van der Waals surface area contributed by atoms with E-state index in [0.29, 0.717) is 22.5 Å². The zero-order valence-corrected chi connectivity index (χ0v) is 14.9. The molecular formula is C21H14F2N4O2. The number of carbonyl (C=O) groups excluding carboxylic acids is 1. The van der Waals surface area contributed by atoms with Crippen molar-refractivity contribution in [1.82, 2.24) is 15.0 Å². The van der Waals surface area contributed by atoms with Crippen molar-refractivity contribution in [1.29, 1.82) is 0 Å². The highest BCUT2D eigenvalue weighted by atomic mass is 19.3. The van der Waals surface area contributed by atoms with Crippen molar-refractivity contribution in [2.24, 2.45) is 0 Å². The topological polar surface area (TPSA) is 77.0 Å². The molecule has 2 aromatic heterocycles. The van der Waals surface area contributed by atoms with E-state index in [2.05, 4.69) is 25.0 Å². The monoisotopic (exact) mass is 392 g/mol. The highest BCUT2D eigenvalue weighted by Gasteiger charge is 2.13. The normalized spacial score (nSPS) is 10.9. The molecule has 6 nitrogen and oxygen atoms in total. The van der Waals surface area contributed by atoms with E-state index in [4.69, 9.17) is 0 Å². The van der Waals surface area contributed by atoms with Crippen LogP contribution < -0.4 is 10.1 Å². The Bertz CT molecular complexity index is 1170. The predicted octanol–water partition coefficient (Wildman–Crippen LogP) is 4.55. The molecule has 0 aliphatic carbocycles. The van der Waals surface area contributed by atoms with Crippen LogP contribution >= 0.6 is 0 Å². The summed E-state index contributed by atoms with van der Waals surface area (Å²) in [6, 6.07) is 16.8. The van der Waals surface area contributed by atoms with Gasteiger partial charge in [0.05, 0.1) is 5.52 Å². The van der Waals surface area contributed by atoms with Crippen LogP contribution in [0.4, 0.5) is 14.6 Å². The number of para-hydroxylation sites is 1. The Morgan fingerprint density at radius 3 is 2.69 bits per heavy atom. The summed E-state index contributed by atoms with van der Waals surface area (Å²) >= 11 is 0. The largest absolute Gasteiger partial charge is 0.435 e. The molecule has 0 bridgehead atoms. The van der Waals surface area contributed by atoms with Crippen LogP contribution in [-0.4, -0.2) is 27.5 Å². The number of nitrogens with one attached hydrogen (secondary N) is 1. The molecule has 0 fully saturated rings. The van der Waals surface area contributed by atoms with Gasteiger partial charge >= 0.3 is 6.61 Å². The lowest BCUT2D eigenvalue weighted by atomic mass is 10.0. The Hall–Kier alpha value is -3.94. The molecule has 144 valence electrons. The number of hydrogen-bond acceptors (Lipinski definition) is 5. The van der Waals surface area contributed by atoms with Crippen LogP contribution in [0.25, 0.3) is 22.0 Å². The van der Waals surface area contributed by atoms with E-state index in [1.165, 1.54) is 24.7 Å². The van der Waals surface area contributed by atoms with E-state index in [-0.39, 0.29) is 11.4 Å². The van der Waals surface area contributed by atoms with Crippen LogP contribution in [-0.2, 0) is 0 Å². The van der Waals surface area contributed by atoms with Gasteiger partial charge in [0.1, 0.15) is 23.6 Å². The summed E-state index contributed by atoms with van der Waals surface area (Å²) in [5.74, 6) is -0.0145. The maximum absolute atomic E-state index is 12.5. The molecule has 4 rings (SSSR count). The lowest BCUT2D eigenvalue weighted by Gasteiger charge is -2.10. The number of rotatable bonds is 5. The molecular weight excluding hydrogens is 378 g/mol. The molecule has 2 aromatic carbocycles. The molecule has 0 radical (unpaired) electrons. The Labute approximate surface area is 164 Å². The summed E-state index contributed by atoms with van der Waals surface area (Å²) in [5.41, 5.74) is 2.11. The van der Waals surface area contributed by atoms with Gasteiger partial charge in [-0.3, -0.25) is 4.79 Å². The molecule has 1 amide bonds. The zero-order valence-electron chi connectivity index (χ0n) is 14.9. The third-order valence-corrected chi connectivity index (χ3v) is 4.15. The second-order valence-corrected chi connectivity index (χ2v) is 6.03. The van der Waals surface area contributed by atoms with E-state index in [9.17, 15) is 13.6 Å². The summed E-state index contributed by atoms with van der Waals surface area (Å²) in [6.07, 6.45) is 2.85. The fourth-order valence-corrected chi connectivity index (χ4v) is 2.89. The number of nitrogens with zero attached hydrogens (tertiary/aromatic N) is 3. The zero-order chi connectivity index (χ0) is 20.2. The van der Waals surface area contributed by atoms with Gasteiger partial charge in [-0.25, -0.2) is 15.0 Å². The van der Waals surface area contributed by atoms with Gasteiger partial charge in [-0.15, -0.1) is 0 Å². The lowest BCUT2D eigenvalue weighted by Crippen LogP contribution is -2.14. The number of hydrogen-bond donors (Lipinski definition) is 1. The maximum Gasteiger partial charge on any atom is 0.387 e. The van der Waals surface area contributed by atoms with Gasteiger partial charge < -0.3 is 10.1 Å². The fourth-order valence-electron chi connectivity index (χ4n) is 2.89. The van der Waals surface area contributed by atoms with Gasteiger partial charge in [-0.2, -0.15) is 8.78 Å². The van der Waals surface area contributed by atoms with E-state index in [0.717, 1.165) is 5.39 Å². The molecule has 1 N–H and O–H groups in total. The number of carbonyl (C=O) groups is 1. The third-order valence-electron chi connectivity index (χ3n) is 4.15. The van der Waals surface area contributed by atoms with Crippen LogP contribution in [0.2, 0.25) is 0 Å². The lowest BCUT2D eigenvalue weighted by molar-refractivity contribution is -0.0498. The average Bonchev–Trinajstić information content (AvgIpc) is 2.73. The van der Waals surface area contributed by atoms with Crippen LogP contribution in [0.3, 0.4) is 0 Å². The smallest absolute Gasteiger partial charge is 0.387 e. The Kier molecular flexibility index (Phi) is 5.07. The number of anilines is 1. The highest BCUT2D eigenvalue weighted by molar-refractivity contribution is 6.04. The second-order valence-electron chi connectivity index (χ2n) is 6.03. The van der Waals surface area contributed by atoms with Crippen molar-refractivity contribution in [2.75, 3.05) is 5.32 Å². The summed E-state index contributed by atoms with van der Waals surface area (Å²) in [4.78, 5) is 24.8. The van der Waals surface area contributed by atoms with E-state index in [1.54, 1.807) is 30.3 Å². The number of amides is 1. The number of ether oxygens (including phenoxy) is 1. The van der Waals surface area contributed by atoms with Gasteiger partial charge in [0.25, 0.3) is 5.91 Å². The first-order valence-corrected chi connectivity index (χ1v) is 8.62. The molecule has 0 atom stereocenters. The SMILES string of the molecule is O=C(Nc1ccncn1)c1ccc2cccc(-c3cccc(OC(F)F)c3)c2n1. The molecule has 0 spiro atoms. The van der Waals surface area contributed by atoms with Crippen LogP contribution in [0.15, 0.2) is 73.2 Å². The van der Waals surface area contributed by atoms with Crippen molar-refractivity contribution in [3.63, 3.8) is 0 Å². The third kappa shape index (κ3) is 4.16. The Balaban J connectivity index is 1.72. The minimum absolute atomic E-state index is 0.0483. The molecule has 0 aliphatic rings. The molecule has 0 saturated heterocycles. The quantitative estimate of drug-likeness (QED) is 0.539. The molecule has 4 aromatic rings. The van der Waals surface area contributed by atoms with Gasteiger partial charge in [-0.05, 0) is 29.8 Å². The summed E-state index contributed by atoms with van der Waals surface area (Å²) in [5, 5.41) is 3.46. The van der Waals surface area contributed by atoms with Gasteiger partial charge in [0.15, 0.2) is 0 Å². The van der Waals surface area contributed by atoms with E-state index in [1.807, 2.05) is 18.2 Å². The average molecular weight is 392 g/mol. The number of benzene rings is 2. The Morgan fingerprint density at radius 2 is 1.90 bits per heavy atom. The minimum Gasteiger partial charge on any atom is -0.435 e. The van der Waals surface area contributed by atoms with Crippen molar-refractivity contribution < 1.29 is 18.3 Å². The molecule has 8 heteroatoms. The van der Waals surface area contributed by atoms with Crippen molar-refractivity contribution in [3.05, 3.63) is 78.9 Å². The van der Waals surface area contributed by atoms with Crippen molar-refractivity contribution in [2.45, 2.75) is 6.61 Å². The van der Waals surface area contributed by atoms with Gasteiger partial charge in [0, 0.05) is 17.1 Å². The highest BCUT2D eigenvalue weighted by Crippen LogP contribution is 2.30. The molecule has 29 heavy (non-hydrogen) atoms. The first kappa shape index (κ1) is 18.4. The standard InChI is InChI=1S/C21H14F2N4O2/c22-21(23)29-15-5-1-4-14(11-15)16-6-2-3-13-7-8-17(26-19(13)16)20(28)27-18-9-10-24-12-25-18/h1-12,21H,(H,24,25,27,28). The first-order valence-electron chi connectivity index (χ1n) is 8.62. The molecule has 0 unspecified atom stereocenters. The van der Waals surface area contributed by atoms with Crippen LogP contribution in [0.1, 0.15) is 10.5 Å². The number of halogens is 2. The fraction of sp³-hybridized carbons (Fsp3) is 0.0476. The van der Waals surface area contributed by atoms with Crippen molar-refractivity contribution >= 4 is 22.6 Å². The summed E-state index contributed by atoms with van der Waals surface area (Å²) in [6.45, 7) is -2.91. The molecule has 0 aliphatic heterocycles. The van der Waals surface area contributed by atoms with Gasteiger partial charge in [0.2, 0.25) is 0 Å². The summed E-state index contributed by atoms with van der Waals surface area (Å²) in [7, 11) is 0. The van der Waals surface area contributed by atoms with E-state index < -0.39 is 12.5 Å². The number of pyridine rings is 1. The van der Waals surface area contributed by atoms with Crippen LogP contribution in [0, 0.1) is 0 Å². The maximum atomic E-state index is 12.5. The molecule has 0 saturated carbocycles. The van der Waals surface area contributed by atoms with E-state index >= 15 is 0 Å². The number of aromatic nitrogens is 3. The predicted molar refractivity (Wildman–Crippen MR) is 104 cm³/mol.